The number of aryl methyl sites for hydroxylation is 1. The lowest BCUT2D eigenvalue weighted by atomic mass is 9.88. The van der Waals surface area contributed by atoms with Crippen molar-refractivity contribution < 1.29 is 18.7 Å². The lowest BCUT2D eigenvalue weighted by molar-refractivity contribution is -0.0673. The van der Waals surface area contributed by atoms with Crippen LogP contribution in [0.25, 0.3) is 11.0 Å². The molecular formula is C16H18O4. The summed E-state index contributed by atoms with van der Waals surface area (Å²) in [6, 6.07) is 7.69. The van der Waals surface area contributed by atoms with E-state index in [4.69, 9.17) is 13.9 Å². The molecule has 1 aliphatic heterocycles. The Hall–Kier alpha value is -1.65. The smallest absolute Gasteiger partial charge is 0.229 e. The Morgan fingerprint density at radius 3 is 2.70 bits per heavy atom. The zero-order valence-corrected chi connectivity index (χ0v) is 11.8. The second kappa shape index (κ2) is 5.04. The molecule has 1 aromatic carbocycles. The van der Waals surface area contributed by atoms with Crippen molar-refractivity contribution in [3.63, 3.8) is 0 Å². The van der Waals surface area contributed by atoms with Crippen LogP contribution in [0.15, 0.2) is 28.7 Å². The van der Waals surface area contributed by atoms with E-state index < -0.39 is 5.60 Å². The van der Waals surface area contributed by atoms with Crippen molar-refractivity contribution in [2.45, 2.75) is 25.4 Å². The van der Waals surface area contributed by atoms with Gasteiger partial charge in [-0.05, 0) is 18.6 Å². The number of ether oxygens (including phenoxy) is 2. The lowest BCUT2D eigenvalue weighted by Crippen LogP contribution is -2.45. The zero-order chi connectivity index (χ0) is 14.2. The van der Waals surface area contributed by atoms with Crippen molar-refractivity contribution >= 4 is 16.8 Å². The molecule has 0 aliphatic carbocycles. The number of furan rings is 1. The third-order valence-corrected chi connectivity index (χ3v) is 4.07. The Kier molecular flexibility index (Phi) is 3.36. The molecule has 0 atom stereocenters. The van der Waals surface area contributed by atoms with Gasteiger partial charge in [-0.15, -0.1) is 0 Å². The van der Waals surface area contributed by atoms with E-state index in [2.05, 4.69) is 0 Å². The second-order valence-corrected chi connectivity index (χ2v) is 5.24. The fourth-order valence-corrected chi connectivity index (χ4v) is 2.77. The van der Waals surface area contributed by atoms with Crippen LogP contribution >= 0.6 is 0 Å². The molecule has 3 rings (SSSR count). The van der Waals surface area contributed by atoms with Gasteiger partial charge in [-0.1, -0.05) is 18.2 Å². The molecule has 20 heavy (non-hydrogen) atoms. The molecule has 0 unspecified atom stereocenters. The van der Waals surface area contributed by atoms with Gasteiger partial charge in [0, 0.05) is 38.6 Å². The Balaban J connectivity index is 2.01. The quantitative estimate of drug-likeness (QED) is 0.807. The fraction of sp³-hybridized carbons (Fsp3) is 0.438. The summed E-state index contributed by atoms with van der Waals surface area (Å²) >= 11 is 0. The number of hydrogen-bond donors (Lipinski definition) is 0. The summed E-state index contributed by atoms with van der Waals surface area (Å²) in [4.78, 5) is 12.8. The van der Waals surface area contributed by atoms with E-state index in [1.807, 2.05) is 25.1 Å². The van der Waals surface area contributed by atoms with E-state index in [0.717, 1.165) is 16.5 Å². The molecule has 0 spiro atoms. The molecule has 0 amide bonds. The number of Topliss-reactive ketones (excluding diaryl/α,β-unsaturated/α-hetero) is 1. The van der Waals surface area contributed by atoms with Crippen molar-refractivity contribution in [2.75, 3.05) is 20.3 Å². The van der Waals surface area contributed by atoms with Gasteiger partial charge in [-0.25, -0.2) is 0 Å². The Labute approximate surface area is 117 Å². The van der Waals surface area contributed by atoms with Gasteiger partial charge in [0.05, 0.1) is 0 Å². The van der Waals surface area contributed by atoms with Gasteiger partial charge in [-0.2, -0.15) is 0 Å². The first kappa shape index (κ1) is 13.3. The average molecular weight is 274 g/mol. The summed E-state index contributed by atoms with van der Waals surface area (Å²) in [6.45, 7) is 3.05. The minimum atomic E-state index is -0.806. The number of fused-ring (bicyclic) bond motifs is 1. The predicted octanol–water partition coefficient (Wildman–Crippen LogP) is 3.12. The number of methoxy groups -OCH3 is 1. The van der Waals surface area contributed by atoms with E-state index in [0.29, 0.717) is 31.8 Å². The summed E-state index contributed by atoms with van der Waals surface area (Å²) in [7, 11) is 1.58. The largest absolute Gasteiger partial charge is 0.453 e. The number of benzene rings is 1. The summed E-state index contributed by atoms with van der Waals surface area (Å²) in [5.74, 6) is 0.289. The van der Waals surface area contributed by atoms with Crippen molar-refractivity contribution in [1.29, 1.82) is 0 Å². The Bertz CT molecular complexity index is 635. The van der Waals surface area contributed by atoms with Crippen LogP contribution in [0.5, 0.6) is 0 Å². The van der Waals surface area contributed by atoms with Gasteiger partial charge in [0.25, 0.3) is 0 Å². The fourth-order valence-electron chi connectivity index (χ4n) is 2.77. The second-order valence-electron chi connectivity index (χ2n) is 5.24. The Morgan fingerprint density at radius 1 is 1.30 bits per heavy atom. The molecule has 1 aliphatic rings. The minimum Gasteiger partial charge on any atom is -0.453 e. The lowest BCUT2D eigenvalue weighted by Gasteiger charge is -2.33. The van der Waals surface area contributed by atoms with Gasteiger partial charge in [0.1, 0.15) is 11.2 Å². The number of carbonyl (C=O) groups is 1. The first-order valence-corrected chi connectivity index (χ1v) is 6.83. The molecule has 0 radical (unpaired) electrons. The zero-order valence-electron chi connectivity index (χ0n) is 11.8. The number of para-hydroxylation sites is 1. The first-order valence-electron chi connectivity index (χ1n) is 6.83. The SMILES string of the molecule is COC1(C(=O)c2cc3cccc(C)c3o2)CCOCC1. The molecule has 1 fully saturated rings. The van der Waals surface area contributed by atoms with Crippen LogP contribution in [0.1, 0.15) is 29.0 Å². The maximum atomic E-state index is 12.8. The number of ketones is 1. The highest BCUT2D eigenvalue weighted by Crippen LogP contribution is 2.31. The van der Waals surface area contributed by atoms with Gasteiger partial charge >= 0.3 is 0 Å². The molecule has 0 N–H and O–H groups in total. The van der Waals surface area contributed by atoms with Crippen LogP contribution in [0.3, 0.4) is 0 Å². The van der Waals surface area contributed by atoms with Crippen LogP contribution in [0.2, 0.25) is 0 Å². The maximum absolute atomic E-state index is 12.8. The van der Waals surface area contributed by atoms with Gasteiger partial charge in [0.2, 0.25) is 5.78 Å². The molecule has 2 heterocycles. The molecule has 1 aromatic heterocycles. The normalized spacial score (nSPS) is 18.3. The molecular weight excluding hydrogens is 256 g/mol. The van der Waals surface area contributed by atoms with E-state index >= 15 is 0 Å². The van der Waals surface area contributed by atoms with Crippen molar-refractivity contribution in [2.24, 2.45) is 0 Å². The van der Waals surface area contributed by atoms with Crippen LogP contribution in [-0.2, 0) is 9.47 Å². The van der Waals surface area contributed by atoms with Gasteiger partial charge in [0.15, 0.2) is 5.76 Å². The average Bonchev–Trinajstić information content (AvgIpc) is 2.92. The van der Waals surface area contributed by atoms with Crippen LogP contribution < -0.4 is 0 Å². The summed E-state index contributed by atoms with van der Waals surface area (Å²) in [6.07, 6.45) is 1.14. The number of carbonyl (C=O) groups excluding carboxylic acids is 1. The highest BCUT2D eigenvalue weighted by atomic mass is 16.5. The summed E-state index contributed by atoms with van der Waals surface area (Å²) < 4.78 is 16.6. The minimum absolute atomic E-state index is 0.0844. The maximum Gasteiger partial charge on any atom is 0.229 e. The molecule has 4 heteroatoms. The predicted molar refractivity (Wildman–Crippen MR) is 75.1 cm³/mol. The van der Waals surface area contributed by atoms with Crippen LogP contribution in [0.4, 0.5) is 0 Å². The van der Waals surface area contributed by atoms with E-state index in [1.54, 1.807) is 13.2 Å². The molecule has 0 bridgehead atoms. The molecule has 1 saturated heterocycles. The third kappa shape index (κ3) is 2.05. The standard InChI is InChI=1S/C16H18O4/c1-11-4-3-5-12-10-13(20-14(11)12)15(17)16(18-2)6-8-19-9-7-16/h3-5,10H,6-9H2,1-2H3. The molecule has 2 aromatic rings. The monoisotopic (exact) mass is 274 g/mol. The van der Waals surface area contributed by atoms with Crippen molar-refractivity contribution in [3.8, 4) is 0 Å². The molecule has 0 saturated carbocycles. The first-order chi connectivity index (χ1) is 9.66. The number of rotatable bonds is 3. The van der Waals surface area contributed by atoms with Crippen molar-refractivity contribution in [1.82, 2.24) is 0 Å². The summed E-state index contributed by atoms with van der Waals surface area (Å²) in [5.41, 5.74) is 0.995. The van der Waals surface area contributed by atoms with Crippen LogP contribution in [-0.4, -0.2) is 31.7 Å². The van der Waals surface area contributed by atoms with Gasteiger partial charge in [-0.3, -0.25) is 4.79 Å². The molecule has 4 nitrogen and oxygen atoms in total. The highest BCUT2D eigenvalue weighted by molar-refractivity contribution is 6.03. The van der Waals surface area contributed by atoms with E-state index in [-0.39, 0.29) is 5.78 Å². The molecule has 106 valence electrons. The van der Waals surface area contributed by atoms with E-state index in [1.165, 1.54) is 0 Å². The Morgan fingerprint density at radius 2 is 2.05 bits per heavy atom. The third-order valence-electron chi connectivity index (χ3n) is 4.07. The summed E-state index contributed by atoms with van der Waals surface area (Å²) in [5, 5.41) is 0.951. The van der Waals surface area contributed by atoms with E-state index in [9.17, 15) is 4.79 Å². The van der Waals surface area contributed by atoms with Crippen LogP contribution in [0, 0.1) is 6.92 Å². The highest BCUT2D eigenvalue weighted by Gasteiger charge is 2.42. The number of hydrogen-bond acceptors (Lipinski definition) is 4. The van der Waals surface area contributed by atoms with Crippen molar-refractivity contribution in [3.05, 3.63) is 35.6 Å². The topological polar surface area (TPSA) is 48.7 Å². The van der Waals surface area contributed by atoms with Gasteiger partial charge < -0.3 is 13.9 Å².